The van der Waals surface area contributed by atoms with Crippen molar-refractivity contribution in [3.63, 3.8) is 0 Å². The van der Waals surface area contributed by atoms with Crippen molar-refractivity contribution in [3.05, 3.63) is 41.4 Å². The average Bonchev–Trinajstić information content (AvgIpc) is 2.65. The lowest BCUT2D eigenvalue weighted by atomic mass is 10.3. The molecule has 0 spiro atoms. The summed E-state index contributed by atoms with van der Waals surface area (Å²) < 4.78 is 1.66. The standard InChI is InChI=1S/C9H9ClN4/c10-7-4-13-14(6-7)9-2-1-8(3-11)12-5-9/h1-2,4-6H,3,11H2. The Labute approximate surface area is 86.3 Å². The smallest absolute Gasteiger partial charge is 0.0829 e. The molecule has 2 N–H and O–H groups in total. The van der Waals surface area contributed by atoms with Gasteiger partial charge in [0.1, 0.15) is 0 Å². The molecule has 0 fully saturated rings. The van der Waals surface area contributed by atoms with Gasteiger partial charge < -0.3 is 5.73 Å². The number of hydrogen-bond donors (Lipinski definition) is 1. The SMILES string of the molecule is NCc1ccc(-n2cc(Cl)cn2)cn1. The molecule has 0 aliphatic carbocycles. The maximum absolute atomic E-state index is 5.75. The fraction of sp³-hybridized carbons (Fsp3) is 0.111. The van der Waals surface area contributed by atoms with E-state index in [1.165, 1.54) is 0 Å². The Morgan fingerprint density at radius 2 is 2.21 bits per heavy atom. The first-order chi connectivity index (χ1) is 6.79. The van der Waals surface area contributed by atoms with Gasteiger partial charge in [-0.3, -0.25) is 4.98 Å². The molecule has 4 nitrogen and oxygen atoms in total. The van der Waals surface area contributed by atoms with Gasteiger partial charge >= 0.3 is 0 Å². The van der Waals surface area contributed by atoms with Gasteiger partial charge in [0.15, 0.2) is 0 Å². The molecular formula is C9H9ClN4. The van der Waals surface area contributed by atoms with Crippen LogP contribution in [0, 0.1) is 0 Å². The highest BCUT2D eigenvalue weighted by atomic mass is 35.5. The van der Waals surface area contributed by atoms with Crippen molar-refractivity contribution in [1.82, 2.24) is 14.8 Å². The van der Waals surface area contributed by atoms with Crippen LogP contribution in [0.5, 0.6) is 0 Å². The Kier molecular flexibility index (Phi) is 2.47. The zero-order chi connectivity index (χ0) is 9.97. The number of aromatic nitrogens is 3. The quantitative estimate of drug-likeness (QED) is 0.811. The van der Waals surface area contributed by atoms with Crippen LogP contribution in [-0.4, -0.2) is 14.8 Å². The van der Waals surface area contributed by atoms with E-state index in [9.17, 15) is 0 Å². The normalized spacial score (nSPS) is 10.4. The highest BCUT2D eigenvalue weighted by Crippen LogP contribution is 2.10. The van der Waals surface area contributed by atoms with Gasteiger partial charge in [-0.2, -0.15) is 5.10 Å². The summed E-state index contributed by atoms with van der Waals surface area (Å²) >= 11 is 5.75. The third-order valence-corrected chi connectivity index (χ3v) is 2.03. The molecule has 5 heteroatoms. The summed E-state index contributed by atoms with van der Waals surface area (Å²) in [6, 6.07) is 3.77. The Balaban J connectivity index is 2.33. The largest absolute Gasteiger partial charge is 0.325 e. The average molecular weight is 209 g/mol. The lowest BCUT2D eigenvalue weighted by Crippen LogP contribution is -2.01. The number of hydrogen-bond acceptors (Lipinski definition) is 3. The van der Waals surface area contributed by atoms with E-state index in [1.54, 1.807) is 23.3 Å². The third-order valence-electron chi connectivity index (χ3n) is 1.83. The van der Waals surface area contributed by atoms with E-state index in [0.29, 0.717) is 11.6 Å². The summed E-state index contributed by atoms with van der Waals surface area (Å²) in [5, 5.41) is 4.66. The minimum absolute atomic E-state index is 0.445. The van der Waals surface area contributed by atoms with E-state index in [2.05, 4.69) is 10.1 Å². The molecule has 0 aliphatic heterocycles. The lowest BCUT2D eigenvalue weighted by Gasteiger charge is -2.00. The Morgan fingerprint density at radius 3 is 2.71 bits per heavy atom. The van der Waals surface area contributed by atoms with Crippen molar-refractivity contribution in [2.75, 3.05) is 0 Å². The first kappa shape index (κ1) is 9.18. The Bertz CT molecular complexity index is 421. The zero-order valence-corrected chi connectivity index (χ0v) is 8.15. The molecule has 0 saturated heterocycles. The van der Waals surface area contributed by atoms with Crippen LogP contribution in [0.15, 0.2) is 30.7 Å². The van der Waals surface area contributed by atoms with E-state index in [-0.39, 0.29) is 0 Å². The predicted octanol–water partition coefficient (Wildman–Crippen LogP) is 1.38. The number of halogens is 1. The Hall–Kier alpha value is -1.39. The van der Waals surface area contributed by atoms with Crippen LogP contribution < -0.4 is 5.73 Å². The van der Waals surface area contributed by atoms with Crippen molar-refractivity contribution < 1.29 is 0 Å². The molecule has 0 aliphatic rings. The first-order valence-electron chi connectivity index (χ1n) is 4.15. The highest BCUT2D eigenvalue weighted by molar-refractivity contribution is 6.30. The van der Waals surface area contributed by atoms with E-state index < -0.39 is 0 Å². The molecule has 0 atom stereocenters. The van der Waals surface area contributed by atoms with Crippen LogP contribution in [0.25, 0.3) is 5.69 Å². The van der Waals surface area contributed by atoms with Gasteiger partial charge in [0.05, 0.1) is 28.8 Å². The summed E-state index contributed by atoms with van der Waals surface area (Å²) in [6.45, 7) is 0.445. The molecule has 2 rings (SSSR count). The van der Waals surface area contributed by atoms with Crippen LogP contribution in [0.2, 0.25) is 5.02 Å². The van der Waals surface area contributed by atoms with E-state index in [0.717, 1.165) is 11.4 Å². The van der Waals surface area contributed by atoms with E-state index in [1.807, 2.05) is 12.1 Å². The summed E-state index contributed by atoms with van der Waals surface area (Å²) in [5.41, 5.74) is 7.16. The van der Waals surface area contributed by atoms with Gasteiger partial charge in [-0.05, 0) is 12.1 Å². The van der Waals surface area contributed by atoms with Crippen LogP contribution in [0.4, 0.5) is 0 Å². The zero-order valence-electron chi connectivity index (χ0n) is 7.39. The van der Waals surface area contributed by atoms with Crippen molar-refractivity contribution >= 4 is 11.6 Å². The molecule has 2 aromatic heterocycles. The van der Waals surface area contributed by atoms with Crippen LogP contribution in [0.3, 0.4) is 0 Å². The molecular weight excluding hydrogens is 200 g/mol. The minimum Gasteiger partial charge on any atom is -0.325 e. The van der Waals surface area contributed by atoms with Gasteiger partial charge in [0, 0.05) is 12.7 Å². The monoisotopic (exact) mass is 208 g/mol. The van der Waals surface area contributed by atoms with Crippen molar-refractivity contribution in [2.45, 2.75) is 6.54 Å². The van der Waals surface area contributed by atoms with Gasteiger partial charge in [0.2, 0.25) is 0 Å². The van der Waals surface area contributed by atoms with Crippen molar-refractivity contribution in [3.8, 4) is 5.69 Å². The molecule has 2 heterocycles. The topological polar surface area (TPSA) is 56.7 Å². The summed E-state index contributed by atoms with van der Waals surface area (Å²) in [5.74, 6) is 0. The fourth-order valence-electron chi connectivity index (χ4n) is 1.11. The number of nitrogens with zero attached hydrogens (tertiary/aromatic N) is 3. The lowest BCUT2D eigenvalue weighted by molar-refractivity contribution is 0.865. The second-order valence-electron chi connectivity index (χ2n) is 2.81. The molecule has 0 aromatic carbocycles. The Morgan fingerprint density at radius 1 is 1.36 bits per heavy atom. The van der Waals surface area contributed by atoms with Crippen LogP contribution >= 0.6 is 11.6 Å². The highest BCUT2D eigenvalue weighted by Gasteiger charge is 1.99. The summed E-state index contributed by atoms with van der Waals surface area (Å²) in [6.07, 6.45) is 5.02. The molecule has 0 bridgehead atoms. The van der Waals surface area contributed by atoms with E-state index in [4.69, 9.17) is 17.3 Å². The van der Waals surface area contributed by atoms with Crippen LogP contribution in [-0.2, 0) is 6.54 Å². The third kappa shape index (κ3) is 1.76. The van der Waals surface area contributed by atoms with Crippen molar-refractivity contribution in [1.29, 1.82) is 0 Å². The second kappa shape index (κ2) is 3.77. The maximum atomic E-state index is 5.75. The molecule has 0 saturated carbocycles. The second-order valence-corrected chi connectivity index (χ2v) is 3.25. The number of rotatable bonds is 2. The number of nitrogens with two attached hydrogens (primary N) is 1. The minimum atomic E-state index is 0.445. The van der Waals surface area contributed by atoms with Gasteiger partial charge in [0.25, 0.3) is 0 Å². The maximum Gasteiger partial charge on any atom is 0.0829 e. The first-order valence-corrected chi connectivity index (χ1v) is 4.53. The molecule has 0 radical (unpaired) electrons. The molecule has 0 amide bonds. The molecule has 72 valence electrons. The van der Waals surface area contributed by atoms with E-state index >= 15 is 0 Å². The predicted molar refractivity (Wildman–Crippen MR) is 54.3 cm³/mol. The molecule has 2 aromatic rings. The van der Waals surface area contributed by atoms with Gasteiger partial charge in [-0.25, -0.2) is 4.68 Å². The fourth-order valence-corrected chi connectivity index (χ4v) is 1.25. The molecule has 0 unspecified atom stereocenters. The summed E-state index contributed by atoms with van der Waals surface area (Å²) in [4.78, 5) is 4.15. The molecule has 14 heavy (non-hydrogen) atoms. The summed E-state index contributed by atoms with van der Waals surface area (Å²) in [7, 11) is 0. The van der Waals surface area contributed by atoms with Gasteiger partial charge in [-0.1, -0.05) is 11.6 Å². The van der Waals surface area contributed by atoms with Crippen LogP contribution in [0.1, 0.15) is 5.69 Å². The van der Waals surface area contributed by atoms with Gasteiger partial charge in [-0.15, -0.1) is 0 Å². The number of pyridine rings is 1. The van der Waals surface area contributed by atoms with Crippen molar-refractivity contribution in [2.24, 2.45) is 5.73 Å².